The van der Waals surface area contributed by atoms with E-state index in [1.807, 2.05) is 0 Å². The van der Waals surface area contributed by atoms with E-state index in [2.05, 4.69) is 0 Å². The predicted octanol–water partition coefficient (Wildman–Crippen LogP) is -3.54. The van der Waals surface area contributed by atoms with Crippen molar-refractivity contribution in [2.75, 3.05) is 0 Å². The van der Waals surface area contributed by atoms with Crippen LogP contribution in [0.5, 0.6) is 0 Å². The highest BCUT2D eigenvalue weighted by Crippen LogP contribution is 2.09. The first kappa shape index (κ1) is 14.9. The van der Waals surface area contributed by atoms with Gasteiger partial charge in [-0.25, -0.2) is 4.79 Å². The molecule has 1 unspecified atom stereocenters. The molecule has 0 rings (SSSR count). The van der Waals surface area contributed by atoms with E-state index in [1.165, 1.54) is 0 Å². The molecule has 0 radical (unpaired) electrons. The topological polar surface area (TPSA) is 156 Å². The zero-order valence-corrected chi connectivity index (χ0v) is 8.17. The molecule has 16 heavy (non-hydrogen) atoms. The lowest BCUT2D eigenvalue weighted by atomic mass is 9.99. The molecule has 0 spiro atoms. The minimum absolute atomic E-state index is 0.107. The summed E-state index contributed by atoms with van der Waals surface area (Å²) in [5.41, 5.74) is 0. The second-order valence-corrected chi connectivity index (χ2v) is 3.27. The summed E-state index contributed by atoms with van der Waals surface area (Å²) in [4.78, 5) is 20.3. The molecule has 8 heteroatoms. The van der Waals surface area contributed by atoms with Crippen LogP contribution in [0, 0.1) is 0 Å². The van der Waals surface area contributed by atoms with E-state index in [0.717, 1.165) is 0 Å². The number of carbonyl (C=O) groups excluding carboxylic acids is 1. The quantitative estimate of drug-likeness (QED) is 0.249. The second kappa shape index (κ2) is 6.51. The van der Waals surface area contributed by atoms with Crippen LogP contribution in [0.2, 0.25) is 0 Å². The van der Waals surface area contributed by atoms with Crippen LogP contribution < -0.4 is 0 Å². The first-order valence-electron chi connectivity index (χ1n) is 4.39. The van der Waals surface area contributed by atoms with Gasteiger partial charge in [0, 0.05) is 6.42 Å². The Morgan fingerprint density at radius 3 is 1.94 bits per heavy atom. The van der Waals surface area contributed by atoms with Gasteiger partial charge in [-0.05, 0) is 0 Å². The number of aliphatic hydroxyl groups is 5. The molecule has 6 N–H and O–H groups in total. The Morgan fingerprint density at radius 2 is 1.56 bits per heavy atom. The minimum Gasteiger partial charge on any atom is -0.479 e. The molecular weight excluding hydrogens is 224 g/mol. The third-order valence-electron chi connectivity index (χ3n) is 1.96. The summed E-state index contributed by atoms with van der Waals surface area (Å²) in [6.07, 6.45) is -10.1. The molecule has 8 nitrogen and oxygen atoms in total. The highest BCUT2D eigenvalue weighted by Gasteiger charge is 2.34. The van der Waals surface area contributed by atoms with Gasteiger partial charge in [0.2, 0.25) is 0 Å². The Labute approximate surface area is 90.4 Å². The molecule has 0 aliphatic rings. The largest absolute Gasteiger partial charge is 0.479 e. The van der Waals surface area contributed by atoms with Crippen LogP contribution in [0.3, 0.4) is 0 Å². The molecule has 0 saturated heterocycles. The highest BCUT2D eigenvalue weighted by molar-refractivity contribution is 5.72. The number of carboxylic acids is 1. The van der Waals surface area contributed by atoms with E-state index in [0.29, 0.717) is 0 Å². The SMILES string of the molecule is O=C[C@@H](O)C[C@@H](O)[C@H](O)[C@H](O)C(O)C(=O)O. The van der Waals surface area contributed by atoms with Crippen LogP contribution >= 0.6 is 0 Å². The lowest BCUT2D eigenvalue weighted by Crippen LogP contribution is -2.48. The number of rotatable bonds is 7. The molecule has 0 aliphatic heterocycles. The van der Waals surface area contributed by atoms with Crippen molar-refractivity contribution in [1.29, 1.82) is 0 Å². The van der Waals surface area contributed by atoms with E-state index in [9.17, 15) is 19.8 Å². The fourth-order valence-electron chi connectivity index (χ4n) is 1.00. The van der Waals surface area contributed by atoms with E-state index in [1.54, 1.807) is 0 Å². The van der Waals surface area contributed by atoms with E-state index < -0.39 is 42.9 Å². The maximum atomic E-state index is 10.2. The number of hydrogen-bond acceptors (Lipinski definition) is 7. The zero-order valence-electron chi connectivity index (χ0n) is 8.17. The van der Waals surface area contributed by atoms with Crippen LogP contribution in [0.4, 0.5) is 0 Å². The Morgan fingerprint density at radius 1 is 1.06 bits per heavy atom. The second-order valence-electron chi connectivity index (χ2n) is 3.27. The molecule has 0 bridgehead atoms. The van der Waals surface area contributed by atoms with Crippen molar-refractivity contribution in [1.82, 2.24) is 0 Å². The Hall–Kier alpha value is -1.06. The van der Waals surface area contributed by atoms with Crippen molar-refractivity contribution in [3.05, 3.63) is 0 Å². The monoisotopic (exact) mass is 238 g/mol. The standard InChI is InChI=1S/C8H14O8/c9-2-3(10)1-4(11)5(12)6(13)7(14)8(15)16/h2-7,10-14H,1H2,(H,15,16)/t3-,4+,5-,6-,7?/m0/s1. The van der Waals surface area contributed by atoms with Crippen molar-refractivity contribution in [2.24, 2.45) is 0 Å². The third kappa shape index (κ3) is 4.21. The van der Waals surface area contributed by atoms with Crippen LogP contribution in [0.25, 0.3) is 0 Å². The molecule has 0 aromatic carbocycles. The molecule has 0 aliphatic carbocycles. The molecule has 0 heterocycles. The number of carbonyl (C=O) groups is 2. The normalized spacial score (nSPS) is 20.6. The molecule has 0 saturated carbocycles. The van der Waals surface area contributed by atoms with Gasteiger partial charge in [0.25, 0.3) is 0 Å². The van der Waals surface area contributed by atoms with Gasteiger partial charge in [0.1, 0.15) is 24.6 Å². The van der Waals surface area contributed by atoms with Crippen LogP contribution in [0.1, 0.15) is 6.42 Å². The summed E-state index contributed by atoms with van der Waals surface area (Å²) in [5.74, 6) is -1.77. The maximum absolute atomic E-state index is 10.2. The molecule has 5 atom stereocenters. The first-order chi connectivity index (χ1) is 7.31. The molecule has 94 valence electrons. The molecular formula is C8H14O8. The van der Waals surface area contributed by atoms with Crippen LogP contribution in [-0.2, 0) is 9.59 Å². The number of aliphatic hydroxyl groups excluding tert-OH is 5. The molecule has 0 fully saturated rings. The van der Waals surface area contributed by atoms with Crippen molar-refractivity contribution in [3.63, 3.8) is 0 Å². The van der Waals surface area contributed by atoms with Crippen molar-refractivity contribution in [2.45, 2.75) is 36.9 Å². The Balaban J connectivity index is 4.36. The number of hydrogen-bond donors (Lipinski definition) is 6. The highest BCUT2D eigenvalue weighted by atomic mass is 16.4. The molecule has 0 amide bonds. The summed E-state index contributed by atoms with van der Waals surface area (Å²) in [5, 5.41) is 53.5. The summed E-state index contributed by atoms with van der Waals surface area (Å²) in [7, 11) is 0. The Kier molecular flexibility index (Phi) is 6.08. The zero-order chi connectivity index (χ0) is 12.9. The van der Waals surface area contributed by atoms with Gasteiger partial charge in [-0.1, -0.05) is 0 Å². The van der Waals surface area contributed by atoms with Gasteiger partial charge in [0.05, 0.1) is 6.10 Å². The number of carboxylic acid groups (broad SMARTS) is 1. The maximum Gasteiger partial charge on any atom is 0.335 e. The average molecular weight is 238 g/mol. The predicted molar refractivity (Wildman–Crippen MR) is 48.4 cm³/mol. The average Bonchev–Trinajstić information content (AvgIpc) is 2.25. The molecule has 0 aromatic rings. The first-order valence-corrected chi connectivity index (χ1v) is 4.39. The lowest BCUT2D eigenvalue weighted by Gasteiger charge is -2.24. The van der Waals surface area contributed by atoms with Crippen molar-refractivity contribution >= 4 is 12.3 Å². The Bertz CT molecular complexity index is 242. The van der Waals surface area contributed by atoms with E-state index in [4.69, 9.17) is 20.4 Å². The fourth-order valence-corrected chi connectivity index (χ4v) is 1.00. The third-order valence-corrected chi connectivity index (χ3v) is 1.96. The van der Waals surface area contributed by atoms with Crippen molar-refractivity contribution in [3.8, 4) is 0 Å². The van der Waals surface area contributed by atoms with Gasteiger partial charge in [-0.15, -0.1) is 0 Å². The van der Waals surface area contributed by atoms with E-state index >= 15 is 0 Å². The van der Waals surface area contributed by atoms with Crippen LogP contribution in [-0.4, -0.2) is 73.4 Å². The molecule has 0 aromatic heterocycles. The van der Waals surface area contributed by atoms with Gasteiger partial charge in [0.15, 0.2) is 6.10 Å². The number of aldehydes is 1. The van der Waals surface area contributed by atoms with Gasteiger partial charge in [-0.3, -0.25) is 0 Å². The summed E-state index contributed by atoms with van der Waals surface area (Å²) in [6.45, 7) is 0. The minimum atomic E-state index is -2.27. The van der Waals surface area contributed by atoms with Crippen molar-refractivity contribution < 1.29 is 40.2 Å². The van der Waals surface area contributed by atoms with Gasteiger partial charge < -0.3 is 35.4 Å². The summed E-state index contributed by atoms with van der Waals surface area (Å²) < 4.78 is 0. The summed E-state index contributed by atoms with van der Waals surface area (Å²) >= 11 is 0. The van der Waals surface area contributed by atoms with Crippen LogP contribution in [0.15, 0.2) is 0 Å². The smallest absolute Gasteiger partial charge is 0.335 e. The number of aliphatic carboxylic acids is 1. The summed E-state index contributed by atoms with van der Waals surface area (Å²) in [6, 6.07) is 0. The lowest BCUT2D eigenvalue weighted by molar-refractivity contribution is -0.164. The fraction of sp³-hybridized carbons (Fsp3) is 0.750. The van der Waals surface area contributed by atoms with Gasteiger partial charge in [-0.2, -0.15) is 0 Å². The van der Waals surface area contributed by atoms with E-state index in [-0.39, 0.29) is 6.29 Å². The van der Waals surface area contributed by atoms with Gasteiger partial charge >= 0.3 is 5.97 Å².